The number of ketones is 1. The molecule has 0 aliphatic rings. The number of carbonyl (C=O) groups excluding carboxylic acids is 2. The summed E-state index contributed by atoms with van der Waals surface area (Å²) in [5, 5.41) is 2.83. The molecular weight excluding hydrogens is 242 g/mol. The molecule has 0 aromatic heterocycles. The van der Waals surface area contributed by atoms with E-state index in [-0.39, 0.29) is 30.8 Å². The van der Waals surface area contributed by atoms with Crippen LogP contribution in [0.3, 0.4) is 0 Å². The van der Waals surface area contributed by atoms with Gasteiger partial charge < -0.3 is 10.1 Å². The van der Waals surface area contributed by atoms with Crippen LogP contribution in [-0.4, -0.2) is 31.4 Å². The first-order chi connectivity index (χ1) is 7.65. The fourth-order valence-corrected chi connectivity index (χ4v) is 1.29. The molecule has 0 aliphatic heterocycles. The van der Waals surface area contributed by atoms with Gasteiger partial charge in [0.25, 0.3) is 0 Å². The number of benzene rings is 1. The molecule has 1 aromatic carbocycles. The van der Waals surface area contributed by atoms with E-state index in [9.17, 15) is 9.59 Å². The van der Waals surface area contributed by atoms with Crippen LogP contribution in [0.25, 0.3) is 0 Å². The zero-order valence-electron chi connectivity index (χ0n) is 9.80. The van der Waals surface area contributed by atoms with Gasteiger partial charge in [0.05, 0.1) is 0 Å². The molecule has 0 fully saturated rings. The van der Waals surface area contributed by atoms with E-state index >= 15 is 0 Å². The molecule has 0 amide bonds. The number of halogens is 1. The summed E-state index contributed by atoms with van der Waals surface area (Å²) in [5.74, 6) is -0.467. The van der Waals surface area contributed by atoms with E-state index in [1.165, 1.54) is 6.92 Å². The Morgan fingerprint density at radius 2 is 1.88 bits per heavy atom. The first kappa shape index (κ1) is 15.6. The molecule has 1 atom stereocenters. The summed E-state index contributed by atoms with van der Waals surface area (Å²) in [6.45, 7) is 1.37. The van der Waals surface area contributed by atoms with Crippen LogP contribution in [0.1, 0.15) is 17.3 Å². The van der Waals surface area contributed by atoms with E-state index < -0.39 is 6.04 Å². The third-order valence-corrected chi connectivity index (χ3v) is 2.18. The lowest BCUT2D eigenvalue weighted by molar-refractivity contribution is -0.141. The quantitative estimate of drug-likeness (QED) is 0.641. The predicted octanol–water partition coefficient (Wildman–Crippen LogP) is 1.44. The maximum Gasteiger partial charge on any atom is 0.302 e. The van der Waals surface area contributed by atoms with Gasteiger partial charge in [-0.3, -0.25) is 9.59 Å². The third-order valence-electron chi connectivity index (χ3n) is 2.18. The van der Waals surface area contributed by atoms with E-state index in [2.05, 4.69) is 5.32 Å². The second kappa shape index (κ2) is 7.81. The number of Topliss-reactive ketones (excluding diaryl/α,β-unsaturated/α-hetero) is 1. The minimum Gasteiger partial charge on any atom is -0.464 e. The van der Waals surface area contributed by atoms with Crippen LogP contribution in [0, 0.1) is 0 Å². The Kier molecular flexibility index (Phi) is 7.18. The molecule has 17 heavy (non-hydrogen) atoms. The monoisotopic (exact) mass is 257 g/mol. The van der Waals surface area contributed by atoms with Gasteiger partial charge in [-0.15, -0.1) is 12.4 Å². The Labute approximate surface area is 107 Å². The average Bonchev–Trinajstić information content (AvgIpc) is 2.30. The van der Waals surface area contributed by atoms with Crippen LogP contribution in [0.2, 0.25) is 0 Å². The van der Waals surface area contributed by atoms with Gasteiger partial charge in [-0.25, -0.2) is 0 Å². The summed E-state index contributed by atoms with van der Waals surface area (Å²) in [6.07, 6.45) is 0. The molecule has 0 bridgehead atoms. The second-order valence-electron chi connectivity index (χ2n) is 3.37. The number of hydrogen-bond donors (Lipinski definition) is 1. The molecule has 0 aliphatic carbocycles. The number of esters is 1. The van der Waals surface area contributed by atoms with Crippen molar-refractivity contribution in [2.24, 2.45) is 0 Å². The lowest BCUT2D eigenvalue weighted by Gasteiger charge is -2.14. The SMILES string of the molecule is CN[C@@H](COC(C)=O)C(=O)c1ccccc1.Cl. The molecule has 0 unspecified atom stereocenters. The van der Waals surface area contributed by atoms with Crippen molar-refractivity contribution in [3.8, 4) is 0 Å². The Bertz CT molecular complexity index is 367. The highest BCUT2D eigenvalue weighted by Gasteiger charge is 2.18. The van der Waals surface area contributed by atoms with Crippen LogP contribution in [0.4, 0.5) is 0 Å². The zero-order valence-corrected chi connectivity index (χ0v) is 10.6. The van der Waals surface area contributed by atoms with E-state index in [1.54, 1.807) is 31.3 Å². The Morgan fingerprint density at radius 1 is 1.29 bits per heavy atom. The van der Waals surface area contributed by atoms with E-state index in [1.807, 2.05) is 6.07 Å². The first-order valence-electron chi connectivity index (χ1n) is 5.05. The van der Waals surface area contributed by atoms with Crippen molar-refractivity contribution in [1.29, 1.82) is 0 Å². The van der Waals surface area contributed by atoms with Crippen LogP contribution in [-0.2, 0) is 9.53 Å². The van der Waals surface area contributed by atoms with Crippen molar-refractivity contribution in [1.82, 2.24) is 5.32 Å². The van der Waals surface area contributed by atoms with Crippen LogP contribution < -0.4 is 5.32 Å². The number of carbonyl (C=O) groups is 2. The van der Waals surface area contributed by atoms with Gasteiger partial charge in [0, 0.05) is 12.5 Å². The molecular formula is C12H16ClNO3. The van der Waals surface area contributed by atoms with Gasteiger partial charge in [0.15, 0.2) is 5.78 Å². The highest BCUT2D eigenvalue weighted by atomic mass is 35.5. The van der Waals surface area contributed by atoms with Gasteiger partial charge in [-0.2, -0.15) is 0 Å². The maximum absolute atomic E-state index is 11.9. The van der Waals surface area contributed by atoms with Crippen LogP contribution in [0.5, 0.6) is 0 Å². The van der Waals surface area contributed by atoms with E-state index in [0.29, 0.717) is 5.56 Å². The molecule has 1 aromatic rings. The third kappa shape index (κ3) is 4.97. The number of hydrogen-bond acceptors (Lipinski definition) is 4. The minimum absolute atomic E-state index is 0. The Hall–Kier alpha value is -1.39. The zero-order chi connectivity index (χ0) is 12.0. The molecule has 0 heterocycles. The largest absolute Gasteiger partial charge is 0.464 e. The van der Waals surface area contributed by atoms with Gasteiger partial charge in [0.1, 0.15) is 12.6 Å². The van der Waals surface area contributed by atoms with Crippen molar-refractivity contribution in [3.05, 3.63) is 35.9 Å². The van der Waals surface area contributed by atoms with Crippen molar-refractivity contribution >= 4 is 24.2 Å². The summed E-state index contributed by atoms with van der Waals surface area (Å²) in [5.41, 5.74) is 0.606. The first-order valence-corrected chi connectivity index (χ1v) is 5.05. The van der Waals surface area contributed by atoms with Crippen LogP contribution >= 0.6 is 12.4 Å². The molecule has 1 rings (SSSR count). The Balaban J connectivity index is 0.00000256. The van der Waals surface area contributed by atoms with Crippen molar-refractivity contribution in [3.63, 3.8) is 0 Å². The molecule has 0 radical (unpaired) electrons. The summed E-state index contributed by atoms with van der Waals surface area (Å²) in [6, 6.07) is 8.42. The normalized spacial score (nSPS) is 11.2. The minimum atomic E-state index is -0.494. The molecule has 5 heteroatoms. The molecule has 4 nitrogen and oxygen atoms in total. The van der Waals surface area contributed by atoms with Gasteiger partial charge in [-0.05, 0) is 7.05 Å². The van der Waals surface area contributed by atoms with Gasteiger partial charge in [0.2, 0.25) is 0 Å². The topological polar surface area (TPSA) is 55.4 Å². The number of rotatable bonds is 5. The fraction of sp³-hybridized carbons (Fsp3) is 0.333. The fourth-order valence-electron chi connectivity index (χ4n) is 1.29. The standard InChI is InChI=1S/C12H15NO3.ClH/c1-9(14)16-8-11(13-2)12(15)10-6-4-3-5-7-10;/h3-7,11,13H,8H2,1-2H3;1H/t11-;/m0./s1. The van der Waals surface area contributed by atoms with Crippen molar-refractivity contribution in [2.75, 3.05) is 13.7 Å². The second-order valence-corrected chi connectivity index (χ2v) is 3.37. The summed E-state index contributed by atoms with van der Waals surface area (Å²) in [7, 11) is 1.66. The van der Waals surface area contributed by atoms with Gasteiger partial charge >= 0.3 is 5.97 Å². The van der Waals surface area contributed by atoms with Gasteiger partial charge in [-0.1, -0.05) is 30.3 Å². The number of ether oxygens (including phenoxy) is 1. The molecule has 94 valence electrons. The summed E-state index contributed by atoms with van der Waals surface area (Å²) < 4.78 is 4.82. The molecule has 0 saturated carbocycles. The van der Waals surface area contributed by atoms with E-state index in [0.717, 1.165) is 0 Å². The van der Waals surface area contributed by atoms with Crippen molar-refractivity contribution < 1.29 is 14.3 Å². The van der Waals surface area contributed by atoms with E-state index in [4.69, 9.17) is 4.74 Å². The number of nitrogens with one attached hydrogen (secondary N) is 1. The number of likely N-dealkylation sites (N-methyl/N-ethyl adjacent to an activating group) is 1. The summed E-state index contributed by atoms with van der Waals surface area (Å²) in [4.78, 5) is 22.6. The lowest BCUT2D eigenvalue weighted by atomic mass is 10.1. The maximum atomic E-state index is 11.9. The Morgan fingerprint density at radius 3 is 2.35 bits per heavy atom. The predicted molar refractivity (Wildman–Crippen MR) is 67.5 cm³/mol. The van der Waals surface area contributed by atoms with Crippen LogP contribution in [0.15, 0.2) is 30.3 Å². The molecule has 0 saturated heterocycles. The average molecular weight is 258 g/mol. The molecule has 1 N–H and O–H groups in total. The highest BCUT2D eigenvalue weighted by molar-refractivity contribution is 6.00. The molecule has 0 spiro atoms. The summed E-state index contributed by atoms with van der Waals surface area (Å²) >= 11 is 0. The highest BCUT2D eigenvalue weighted by Crippen LogP contribution is 2.03. The van der Waals surface area contributed by atoms with Crippen molar-refractivity contribution in [2.45, 2.75) is 13.0 Å². The smallest absolute Gasteiger partial charge is 0.302 e. The lowest BCUT2D eigenvalue weighted by Crippen LogP contribution is -2.38.